The van der Waals surface area contributed by atoms with E-state index in [1.165, 1.54) is 6.07 Å². The quantitative estimate of drug-likeness (QED) is 0.795. The van der Waals surface area contributed by atoms with Crippen LogP contribution in [0.4, 0.5) is 0 Å². The fraction of sp³-hybridized carbons (Fsp3) is 0.231. The van der Waals surface area contributed by atoms with Gasteiger partial charge in [0.15, 0.2) is 0 Å². The molecule has 0 bridgehead atoms. The van der Waals surface area contributed by atoms with Crippen molar-refractivity contribution in [3.8, 4) is 0 Å². The minimum atomic E-state index is -0.949. The summed E-state index contributed by atoms with van der Waals surface area (Å²) in [6.45, 7) is 2.59. The minimum Gasteiger partial charge on any atom is -0.478 e. The fourth-order valence-electron chi connectivity index (χ4n) is 1.98. The number of carbonyl (C=O) groups is 1. The monoisotopic (exact) mass is 288 g/mol. The van der Waals surface area contributed by atoms with Crippen molar-refractivity contribution in [3.63, 3.8) is 0 Å². The molecule has 0 aliphatic rings. The maximum absolute atomic E-state index is 11.0. The van der Waals surface area contributed by atoms with Gasteiger partial charge in [-0.1, -0.05) is 5.21 Å². The molecule has 102 valence electrons. The number of aromatic nitrogens is 4. The van der Waals surface area contributed by atoms with Gasteiger partial charge >= 0.3 is 5.97 Å². The molecule has 2 heterocycles. The van der Waals surface area contributed by atoms with E-state index in [-0.39, 0.29) is 5.56 Å². The van der Waals surface area contributed by atoms with Crippen molar-refractivity contribution in [3.05, 3.63) is 39.8 Å². The van der Waals surface area contributed by atoms with Gasteiger partial charge in [-0.25, -0.2) is 14.5 Å². The zero-order valence-corrected chi connectivity index (χ0v) is 11.6. The Morgan fingerprint density at radius 1 is 1.45 bits per heavy atom. The zero-order chi connectivity index (χ0) is 14.1. The Balaban J connectivity index is 1.87. The van der Waals surface area contributed by atoms with E-state index >= 15 is 0 Å². The van der Waals surface area contributed by atoms with E-state index in [4.69, 9.17) is 5.11 Å². The Morgan fingerprint density at radius 3 is 3.00 bits per heavy atom. The summed E-state index contributed by atoms with van der Waals surface area (Å²) in [5, 5.41) is 20.2. The smallest absolute Gasteiger partial charge is 0.335 e. The number of carboxylic acids is 1. The predicted molar refractivity (Wildman–Crippen MR) is 75.0 cm³/mol. The number of aromatic carboxylic acids is 1. The molecule has 0 spiro atoms. The van der Waals surface area contributed by atoms with Gasteiger partial charge in [0.25, 0.3) is 0 Å². The number of nitrogens with zero attached hydrogens (tertiary/aromatic N) is 4. The molecule has 0 saturated heterocycles. The number of fused-ring (bicyclic) bond motifs is 1. The summed E-state index contributed by atoms with van der Waals surface area (Å²) in [5.41, 5.74) is 2.69. The lowest BCUT2D eigenvalue weighted by Crippen LogP contribution is -2.04. The van der Waals surface area contributed by atoms with Crippen molar-refractivity contribution in [1.82, 2.24) is 20.0 Å². The van der Waals surface area contributed by atoms with Crippen molar-refractivity contribution >= 4 is 28.3 Å². The molecule has 0 aliphatic heterocycles. The largest absolute Gasteiger partial charge is 0.478 e. The van der Waals surface area contributed by atoms with Crippen LogP contribution in [0.1, 0.15) is 21.1 Å². The second-order valence-corrected chi connectivity index (χ2v) is 5.40. The first kappa shape index (κ1) is 12.7. The molecule has 0 radical (unpaired) electrons. The molecule has 0 unspecified atom stereocenters. The summed E-state index contributed by atoms with van der Waals surface area (Å²) in [6.07, 6.45) is 0.758. The van der Waals surface area contributed by atoms with Gasteiger partial charge in [-0.15, -0.1) is 16.4 Å². The number of hydrogen-bond donors (Lipinski definition) is 1. The Kier molecular flexibility index (Phi) is 3.19. The van der Waals surface area contributed by atoms with Crippen LogP contribution < -0.4 is 0 Å². The summed E-state index contributed by atoms with van der Waals surface area (Å²) in [5.74, 6) is -0.949. The minimum absolute atomic E-state index is 0.242. The topological polar surface area (TPSA) is 80.9 Å². The standard InChI is InChI=1S/C13H12N4O2S/c1-8-7-20-12(14-8)4-5-17-11-6-9(13(18)19)2-3-10(11)15-16-17/h2-3,6-7H,4-5H2,1H3,(H,18,19). The normalized spacial score (nSPS) is 11.1. The Labute approximate surface area is 118 Å². The van der Waals surface area contributed by atoms with E-state index in [0.29, 0.717) is 12.1 Å². The van der Waals surface area contributed by atoms with Gasteiger partial charge in [0.1, 0.15) is 5.52 Å². The number of carboxylic acid groups (broad SMARTS) is 1. The van der Waals surface area contributed by atoms with Crippen molar-refractivity contribution in [2.24, 2.45) is 0 Å². The van der Waals surface area contributed by atoms with Gasteiger partial charge in [-0.3, -0.25) is 0 Å². The predicted octanol–water partition coefficient (Wildman–Crippen LogP) is 2.14. The highest BCUT2D eigenvalue weighted by molar-refractivity contribution is 7.09. The summed E-state index contributed by atoms with van der Waals surface area (Å²) in [4.78, 5) is 15.4. The first-order valence-corrected chi connectivity index (χ1v) is 6.99. The summed E-state index contributed by atoms with van der Waals surface area (Å²) in [7, 11) is 0. The lowest BCUT2D eigenvalue weighted by molar-refractivity contribution is 0.0697. The molecule has 7 heteroatoms. The highest BCUT2D eigenvalue weighted by Crippen LogP contribution is 2.15. The lowest BCUT2D eigenvalue weighted by atomic mass is 10.2. The van der Waals surface area contributed by atoms with E-state index < -0.39 is 5.97 Å². The van der Waals surface area contributed by atoms with Crippen LogP contribution in [0, 0.1) is 6.92 Å². The molecule has 3 rings (SSSR count). The molecule has 2 aromatic heterocycles. The van der Waals surface area contributed by atoms with E-state index in [1.54, 1.807) is 28.2 Å². The molecule has 0 atom stereocenters. The van der Waals surface area contributed by atoms with Crippen molar-refractivity contribution in [2.45, 2.75) is 19.9 Å². The molecule has 1 N–H and O–H groups in total. The average Bonchev–Trinajstić information content (AvgIpc) is 3.02. The average molecular weight is 288 g/mol. The van der Waals surface area contributed by atoms with Gasteiger partial charge in [0.2, 0.25) is 0 Å². The highest BCUT2D eigenvalue weighted by Gasteiger charge is 2.09. The Morgan fingerprint density at radius 2 is 2.30 bits per heavy atom. The van der Waals surface area contributed by atoms with E-state index in [9.17, 15) is 4.79 Å². The van der Waals surface area contributed by atoms with Crippen LogP contribution in [-0.2, 0) is 13.0 Å². The molecule has 6 nitrogen and oxygen atoms in total. The third-order valence-corrected chi connectivity index (χ3v) is 3.99. The van der Waals surface area contributed by atoms with E-state index in [0.717, 1.165) is 22.6 Å². The van der Waals surface area contributed by atoms with Gasteiger partial charge in [-0.2, -0.15) is 0 Å². The third kappa shape index (κ3) is 2.39. The number of benzene rings is 1. The Bertz CT molecular complexity index is 778. The van der Waals surface area contributed by atoms with Crippen LogP contribution in [0.3, 0.4) is 0 Å². The lowest BCUT2D eigenvalue weighted by Gasteiger charge is -2.01. The van der Waals surface area contributed by atoms with Gasteiger partial charge < -0.3 is 5.11 Å². The second-order valence-electron chi connectivity index (χ2n) is 4.45. The maximum Gasteiger partial charge on any atom is 0.335 e. The third-order valence-electron chi connectivity index (χ3n) is 2.96. The molecule has 0 fully saturated rings. The summed E-state index contributed by atoms with van der Waals surface area (Å²) in [6, 6.07) is 4.81. The molecular weight excluding hydrogens is 276 g/mol. The summed E-state index contributed by atoms with van der Waals surface area (Å²) >= 11 is 1.62. The molecule has 0 saturated carbocycles. The number of hydrogen-bond acceptors (Lipinski definition) is 5. The van der Waals surface area contributed by atoms with Crippen molar-refractivity contribution < 1.29 is 9.90 Å². The molecular formula is C13H12N4O2S. The first-order valence-electron chi connectivity index (χ1n) is 6.11. The highest BCUT2D eigenvalue weighted by atomic mass is 32.1. The van der Waals surface area contributed by atoms with Crippen LogP contribution >= 0.6 is 11.3 Å². The number of rotatable bonds is 4. The van der Waals surface area contributed by atoms with E-state index in [2.05, 4.69) is 15.3 Å². The molecule has 0 aliphatic carbocycles. The second kappa shape index (κ2) is 5.01. The van der Waals surface area contributed by atoms with Gasteiger partial charge in [-0.05, 0) is 25.1 Å². The maximum atomic E-state index is 11.0. The number of aryl methyl sites for hydroxylation is 3. The first-order chi connectivity index (χ1) is 9.63. The zero-order valence-electron chi connectivity index (χ0n) is 10.8. The number of thiazole rings is 1. The van der Waals surface area contributed by atoms with Crippen LogP contribution in [-0.4, -0.2) is 31.1 Å². The van der Waals surface area contributed by atoms with Crippen LogP contribution in [0.5, 0.6) is 0 Å². The fourth-order valence-corrected chi connectivity index (χ4v) is 2.75. The van der Waals surface area contributed by atoms with Crippen LogP contribution in [0.2, 0.25) is 0 Å². The molecule has 1 aromatic carbocycles. The van der Waals surface area contributed by atoms with Gasteiger partial charge in [0, 0.05) is 24.0 Å². The van der Waals surface area contributed by atoms with Crippen LogP contribution in [0.15, 0.2) is 23.6 Å². The van der Waals surface area contributed by atoms with Crippen LogP contribution in [0.25, 0.3) is 11.0 Å². The molecule has 3 aromatic rings. The van der Waals surface area contributed by atoms with Crippen molar-refractivity contribution in [1.29, 1.82) is 0 Å². The van der Waals surface area contributed by atoms with E-state index in [1.807, 2.05) is 12.3 Å². The van der Waals surface area contributed by atoms with Crippen molar-refractivity contribution in [2.75, 3.05) is 0 Å². The molecule has 20 heavy (non-hydrogen) atoms. The Hall–Kier alpha value is -2.28. The SMILES string of the molecule is Cc1csc(CCn2nnc3ccc(C(=O)O)cc32)n1. The van der Waals surface area contributed by atoms with Gasteiger partial charge in [0.05, 0.1) is 16.1 Å². The molecule has 0 amide bonds. The summed E-state index contributed by atoms with van der Waals surface area (Å²) < 4.78 is 1.72.